The monoisotopic (exact) mass is 407 g/mol. The molecule has 0 spiro atoms. The number of methoxy groups -OCH3 is 2. The molecule has 2 aliphatic carbocycles. The average molecular weight is 407 g/mol. The summed E-state index contributed by atoms with van der Waals surface area (Å²) in [6.07, 6.45) is 8.36. The number of amides is 2. The molecule has 4 atom stereocenters. The van der Waals surface area contributed by atoms with Crippen molar-refractivity contribution in [3.8, 4) is 11.5 Å². The van der Waals surface area contributed by atoms with E-state index in [2.05, 4.69) is 27.8 Å². The number of allylic oxidation sites excluding steroid dienone is 2. The van der Waals surface area contributed by atoms with Crippen molar-refractivity contribution in [3.05, 3.63) is 60.4 Å². The number of aromatic nitrogens is 1. The summed E-state index contributed by atoms with van der Waals surface area (Å²) in [6.45, 7) is 0.391. The molecule has 7 heteroatoms. The first-order valence-electron chi connectivity index (χ1n) is 9.98. The molecule has 1 saturated carbocycles. The number of hydrogen-bond donors (Lipinski definition) is 2. The number of nitrogens with zero attached hydrogens (tertiary/aromatic N) is 1. The molecule has 4 rings (SSSR count). The number of carbonyl (C=O) groups excluding carboxylic acids is 2. The van der Waals surface area contributed by atoms with Crippen molar-refractivity contribution in [2.45, 2.75) is 13.0 Å². The van der Waals surface area contributed by atoms with Crippen LogP contribution in [0.5, 0.6) is 11.5 Å². The number of nitrogens with one attached hydrogen (secondary N) is 2. The summed E-state index contributed by atoms with van der Waals surface area (Å²) in [5.74, 6) is 0.184. The number of benzene rings is 1. The number of fused-ring (bicyclic) bond motifs is 2. The van der Waals surface area contributed by atoms with Gasteiger partial charge in [0, 0.05) is 25.0 Å². The van der Waals surface area contributed by atoms with E-state index in [1.54, 1.807) is 44.8 Å². The molecule has 1 heterocycles. The fourth-order valence-electron chi connectivity index (χ4n) is 4.47. The summed E-state index contributed by atoms with van der Waals surface area (Å²) < 4.78 is 10.6. The lowest BCUT2D eigenvalue weighted by Gasteiger charge is -2.26. The van der Waals surface area contributed by atoms with Crippen molar-refractivity contribution < 1.29 is 19.1 Å². The highest BCUT2D eigenvalue weighted by Gasteiger charge is 2.51. The van der Waals surface area contributed by atoms with Gasteiger partial charge in [-0.1, -0.05) is 18.2 Å². The highest BCUT2D eigenvalue weighted by Crippen LogP contribution is 2.48. The van der Waals surface area contributed by atoms with Crippen LogP contribution < -0.4 is 20.1 Å². The van der Waals surface area contributed by atoms with Crippen molar-refractivity contribution in [3.63, 3.8) is 0 Å². The first kappa shape index (κ1) is 19.9. The average Bonchev–Trinajstić information content (AvgIpc) is 3.40. The molecule has 2 N–H and O–H groups in total. The number of carbonyl (C=O) groups is 2. The molecule has 2 amide bonds. The van der Waals surface area contributed by atoms with E-state index in [0.717, 1.165) is 12.0 Å². The van der Waals surface area contributed by atoms with Gasteiger partial charge in [0.15, 0.2) is 0 Å². The van der Waals surface area contributed by atoms with Gasteiger partial charge < -0.3 is 20.1 Å². The third kappa shape index (κ3) is 3.87. The zero-order valence-corrected chi connectivity index (χ0v) is 17.0. The van der Waals surface area contributed by atoms with E-state index in [0.29, 0.717) is 23.7 Å². The molecule has 7 nitrogen and oxygen atoms in total. The van der Waals surface area contributed by atoms with Crippen LogP contribution in [-0.2, 0) is 16.1 Å². The molecule has 2 bridgehead atoms. The number of ether oxygens (including phenoxy) is 2. The summed E-state index contributed by atoms with van der Waals surface area (Å²) >= 11 is 0. The Labute approximate surface area is 175 Å². The Bertz CT molecular complexity index is 960. The van der Waals surface area contributed by atoms with Crippen molar-refractivity contribution in [1.29, 1.82) is 0 Å². The zero-order chi connectivity index (χ0) is 21.1. The predicted octanol–water partition coefficient (Wildman–Crippen LogP) is 2.79. The lowest BCUT2D eigenvalue weighted by molar-refractivity contribution is -0.133. The molecule has 156 valence electrons. The summed E-state index contributed by atoms with van der Waals surface area (Å²) in [5.41, 5.74) is 1.45. The Morgan fingerprint density at radius 3 is 2.50 bits per heavy atom. The third-order valence-corrected chi connectivity index (χ3v) is 5.92. The van der Waals surface area contributed by atoms with Gasteiger partial charge in [0.1, 0.15) is 11.5 Å². The predicted molar refractivity (Wildman–Crippen MR) is 112 cm³/mol. The molecule has 0 aliphatic heterocycles. The molecule has 1 aromatic heterocycles. The van der Waals surface area contributed by atoms with E-state index in [1.807, 2.05) is 12.1 Å². The lowest BCUT2D eigenvalue weighted by atomic mass is 9.81. The van der Waals surface area contributed by atoms with Crippen LogP contribution in [0.4, 0.5) is 5.69 Å². The first-order chi connectivity index (χ1) is 14.6. The van der Waals surface area contributed by atoms with Gasteiger partial charge in [-0.15, -0.1) is 0 Å². The molecule has 0 unspecified atom stereocenters. The lowest BCUT2D eigenvalue weighted by Crippen LogP contribution is -2.41. The summed E-state index contributed by atoms with van der Waals surface area (Å²) in [4.78, 5) is 30.3. The Hall–Kier alpha value is -3.35. The first-order valence-corrected chi connectivity index (χ1v) is 9.98. The largest absolute Gasteiger partial charge is 0.497 e. The van der Waals surface area contributed by atoms with Crippen LogP contribution in [0.3, 0.4) is 0 Å². The van der Waals surface area contributed by atoms with E-state index < -0.39 is 11.8 Å². The van der Waals surface area contributed by atoms with Crippen LogP contribution in [-0.4, -0.2) is 31.0 Å². The molecule has 2 aromatic rings. The van der Waals surface area contributed by atoms with Crippen LogP contribution in [0.15, 0.2) is 54.9 Å². The molecule has 2 aliphatic rings. The zero-order valence-electron chi connectivity index (χ0n) is 17.0. The molecule has 1 fully saturated rings. The maximum Gasteiger partial charge on any atom is 0.229 e. The minimum Gasteiger partial charge on any atom is -0.497 e. The SMILES string of the molecule is COc1ccc(OC)c(NC(=O)[C@H]2[C@H](C(=O)NCc3cccnc3)[C@H]3C=C[C@H]2C3)c1. The minimum absolute atomic E-state index is 0.0562. The maximum absolute atomic E-state index is 13.2. The second-order valence-corrected chi connectivity index (χ2v) is 7.63. The molecule has 0 radical (unpaired) electrons. The fourth-order valence-corrected chi connectivity index (χ4v) is 4.47. The van der Waals surface area contributed by atoms with Gasteiger partial charge in [-0.05, 0) is 42.0 Å². The van der Waals surface area contributed by atoms with Crippen LogP contribution in [0.25, 0.3) is 0 Å². The fraction of sp³-hybridized carbons (Fsp3) is 0.348. The van der Waals surface area contributed by atoms with Gasteiger partial charge >= 0.3 is 0 Å². The molecule has 0 saturated heterocycles. The minimum atomic E-state index is -0.426. The van der Waals surface area contributed by atoms with Crippen molar-refractivity contribution in [2.75, 3.05) is 19.5 Å². The Morgan fingerprint density at radius 2 is 1.83 bits per heavy atom. The Morgan fingerprint density at radius 1 is 1.07 bits per heavy atom. The summed E-state index contributed by atoms with van der Waals surface area (Å²) in [7, 11) is 3.11. The second-order valence-electron chi connectivity index (χ2n) is 7.63. The van der Waals surface area contributed by atoms with E-state index in [4.69, 9.17) is 9.47 Å². The number of pyridine rings is 1. The van der Waals surface area contributed by atoms with Crippen molar-refractivity contribution in [1.82, 2.24) is 10.3 Å². The van der Waals surface area contributed by atoms with E-state index in [9.17, 15) is 9.59 Å². The highest BCUT2D eigenvalue weighted by molar-refractivity contribution is 5.98. The van der Waals surface area contributed by atoms with Gasteiger partial charge in [0.25, 0.3) is 0 Å². The third-order valence-electron chi connectivity index (χ3n) is 5.92. The number of rotatable bonds is 7. The van der Waals surface area contributed by atoms with Crippen LogP contribution in [0.2, 0.25) is 0 Å². The van der Waals surface area contributed by atoms with Gasteiger partial charge in [-0.25, -0.2) is 0 Å². The van der Waals surface area contributed by atoms with Crippen LogP contribution >= 0.6 is 0 Å². The van der Waals surface area contributed by atoms with Gasteiger partial charge in [-0.3, -0.25) is 14.6 Å². The van der Waals surface area contributed by atoms with Gasteiger partial charge in [0.05, 0.1) is 31.7 Å². The maximum atomic E-state index is 13.2. The second kappa shape index (κ2) is 8.57. The summed E-state index contributed by atoms with van der Waals surface area (Å²) in [5, 5.41) is 5.93. The van der Waals surface area contributed by atoms with Crippen molar-refractivity contribution >= 4 is 17.5 Å². The van der Waals surface area contributed by atoms with Crippen molar-refractivity contribution in [2.24, 2.45) is 23.7 Å². The molecular formula is C23H25N3O4. The van der Waals surface area contributed by atoms with Crippen LogP contribution in [0.1, 0.15) is 12.0 Å². The number of hydrogen-bond acceptors (Lipinski definition) is 5. The Kier molecular flexibility index (Phi) is 5.70. The van der Waals surface area contributed by atoms with E-state index in [-0.39, 0.29) is 23.7 Å². The van der Waals surface area contributed by atoms with Gasteiger partial charge in [0.2, 0.25) is 11.8 Å². The molecular weight excluding hydrogens is 382 g/mol. The Balaban J connectivity index is 1.50. The normalized spacial score (nSPS) is 23.8. The quantitative estimate of drug-likeness (QED) is 0.689. The summed E-state index contributed by atoms with van der Waals surface area (Å²) in [6, 6.07) is 8.97. The van der Waals surface area contributed by atoms with E-state index >= 15 is 0 Å². The topological polar surface area (TPSA) is 89.5 Å². The highest BCUT2D eigenvalue weighted by atomic mass is 16.5. The molecule has 30 heavy (non-hydrogen) atoms. The van der Waals surface area contributed by atoms with Gasteiger partial charge in [-0.2, -0.15) is 0 Å². The number of anilines is 1. The standard InChI is InChI=1S/C23H25N3O4/c1-29-17-7-8-19(30-2)18(11-17)26-23(28)21-16-6-5-15(10-16)20(21)22(27)25-13-14-4-3-9-24-12-14/h3-9,11-12,15-16,20-21H,10,13H2,1-2H3,(H,25,27)(H,26,28)/t15-,16-,20+,21+/m0/s1. The smallest absolute Gasteiger partial charge is 0.229 e. The van der Waals surface area contributed by atoms with E-state index in [1.165, 1.54) is 0 Å². The van der Waals surface area contributed by atoms with Crippen LogP contribution in [0, 0.1) is 23.7 Å². The molecule has 1 aromatic carbocycles.